The molecule has 1 aliphatic rings. The van der Waals surface area contributed by atoms with Crippen LogP contribution < -0.4 is 10.1 Å². The number of halogens is 1. The van der Waals surface area contributed by atoms with Crippen LogP contribution in [0, 0.1) is 0 Å². The topological polar surface area (TPSA) is 21.3 Å². The Balaban J connectivity index is 1.87. The van der Waals surface area contributed by atoms with Gasteiger partial charge in [-0.2, -0.15) is 0 Å². The van der Waals surface area contributed by atoms with E-state index >= 15 is 0 Å². The molecule has 0 saturated heterocycles. The fraction of sp³-hybridized carbons (Fsp3) is 0.294. The van der Waals surface area contributed by atoms with Crippen molar-refractivity contribution in [1.29, 1.82) is 0 Å². The first-order valence-electron chi connectivity index (χ1n) is 6.96. The van der Waals surface area contributed by atoms with Gasteiger partial charge in [-0.3, -0.25) is 0 Å². The van der Waals surface area contributed by atoms with Gasteiger partial charge in [0, 0.05) is 11.6 Å². The average molecular weight is 288 g/mol. The lowest BCUT2D eigenvalue weighted by molar-refractivity contribution is 0.303. The molecule has 0 unspecified atom stereocenters. The summed E-state index contributed by atoms with van der Waals surface area (Å²) in [5.41, 5.74) is 3.60. The Kier molecular flexibility index (Phi) is 3.95. The molecule has 0 radical (unpaired) electrons. The van der Waals surface area contributed by atoms with Crippen molar-refractivity contribution in [3.8, 4) is 16.9 Å². The van der Waals surface area contributed by atoms with E-state index in [1.165, 1.54) is 29.5 Å². The van der Waals surface area contributed by atoms with Crippen LogP contribution in [-0.2, 0) is 6.54 Å². The van der Waals surface area contributed by atoms with Crippen LogP contribution in [0.5, 0.6) is 5.75 Å². The van der Waals surface area contributed by atoms with Crippen LogP contribution in [-0.4, -0.2) is 13.2 Å². The average Bonchev–Trinajstić information content (AvgIpc) is 3.25. The second-order valence-corrected chi connectivity index (χ2v) is 5.61. The third kappa shape index (κ3) is 3.14. The molecule has 2 nitrogen and oxygen atoms in total. The van der Waals surface area contributed by atoms with Crippen molar-refractivity contribution in [2.24, 2.45) is 0 Å². The van der Waals surface area contributed by atoms with Crippen LogP contribution in [0.1, 0.15) is 18.4 Å². The Morgan fingerprint density at radius 1 is 1.15 bits per heavy atom. The second-order valence-electron chi connectivity index (χ2n) is 5.17. The van der Waals surface area contributed by atoms with Crippen molar-refractivity contribution in [2.45, 2.75) is 25.5 Å². The first-order valence-corrected chi connectivity index (χ1v) is 7.34. The lowest BCUT2D eigenvalue weighted by Crippen LogP contribution is -2.06. The van der Waals surface area contributed by atoms with Crippen molar-refractivity contribution in [2.75, 3.05) is 7.05 Å². The summed E-state index contributed by atoms with van der Waals surface area (Å²) in [5.74, 6) is 0.959. The van der Waals surface area contributed by atoms with E-state index in [1.807, 2.05) is 31.3 Å². The molecule has 3 rings (SSSR count). The lowest BCUT2D eigenvalue weighted by atomic mass is 9.99. The van der Waals surface area contributed by atoms with Crippen LogP contribution >= 0.6 is 11.6 Å². The van der Waals surface area contributed by atoms with Gasteiger partial charge < -0.3 is 10.1 Å². The fourth-order valence-corrected chi connectivity index (χ4v) is 2.47. The van der Waals surface area contributed by atoms with E-state index in [1.54, 1.807) is 0 Å². The molecule has 2 aromatic carbocycles. The van der Waals surface area contributed by atoms with Gasteiger partial charge in [-0.25, -0.2) is 0 Å². The predicted octanol–water partition coefficient (Wildman–Crippen LogP) is 4.27. The molecule has 0 bridgehead atoms. The number of rotatable bonds is 5. The van der Waals surface area contributed by atoms with Crippen LogP contribution in [0.25, 0.3) is 11.1 Å². The molecule has 1 saturated carbocycles. The lowest BCUT2D eigenvalue weighted by Gasteiger charge is -2.11. The zero-order valence-corrected chi connectivity index (χ0v) is 12.3. The molecule has 20 heavy (non-hydrogen) atoms. The van der Waals surface area contributed by atoms with Crippen LogP contribution in [0.15, 0.2) is 42.5 Å². The van der Waals surface area contributed by atoms with Gasteiger partial charge in [0.1, 0.15) is 5.75 Å². The first-order chi connectivity index (χ1) is 9.76. The molecule has 104 valence electrons. The quantitative estimate of drug-likeness (QED) is 0.887. The van der Waals surface area contributed by atoms with Gasteiger partial charge in [-0.1, -0.05) is 29.8 Å². The van der Waals surface area contributed by atoms with Crippen LogP contribution in [0.2, 0.25) is 5.02 Å². The maximum Gasteiger partial charge on any atom is 0.119 e. The summed E-state index contributed by atoms with van der Waals surface area (Å²) in [6.45, 7) is 0.802. The molecule has 0 amide bonds. The summed E-state index contributed by atoms with van der Waals surface area (Å²) >= 11 is 6.08. The Bertz CT molecular complexity index is 590. The molecule has 0 atom stereocenters. The molecular weight excluding hydrogens is 270 g/mol. The normalized spacial score (nSPS) is 14.3. The van der Waals surface area contributed by atoms with Crippen LogP contribution in [0.4, 0.5) is 0 Å². The molecule has 0 aliphatic heterocycles. The minimum Gasteiger partial charge on any atom is -0.490 e. The summed E-state index contributed by atoms with van der Waals surface area (Å²) in [6.07, 6.45) is 2.81. The number of hydrogen-bond acceptors (Lipinski definition) is 2. The molecular formula is C17H18ClNO. The van der Waals surface area contributed by atoms with Crippen molar-refractivity contribution in [3.05, 3.63) is 53.1 Å². The van der Waals surface area contributed by atoms with Gasteiger partial charge in [-0.05, 0) is 60.8 Å². The maximum absolute atomic E-state index is 6.08. The highest BCUT2D eigenvalue weighted by atomic mass is 35.5. The summed E-state index contributed by atoms with van der Waals surface area (Å²) in [7, 11) is 1.94. The third-order valence-corrected chi connectivity index (χ3v) is 3.66. The highest BCUT2D eigenvalue weighted by molar-refractivity contribution is 6.30. The van der Waals surface area contributed by atoms with Crippen molar-refractivity contribution >= 4 is 11.6 Å². The van der Waals surface area contributed by atoms with E-state index in [0.717, 1.165) is 17.3 Å². The Labute approximate surface area is 124 Å². The Morgan fingerprint density at radius 3 is 2.55 bits per heavy atom. The molecule has 0 aromatic heterocycles. The zero-order valence-electron chi connectivity index (χ0n) is 11.5. The maximum atomic E-state index is 6.08. The summed E-state index contributed by atoms with van der Waals surface area (Å²) in [4.78, 5) is 0. The summed E-state index contributed by atoms with van der Waals surface area (Å²) in [5, 5.41) is 3.95. The van der Waals surface area contributed by atoms with Gasteiger partial charge in [0.25, 0.3) is 0 Å². The van der Waals surface area contributed by atoms with E-state index in [9.17, 15) is 0 Å². The molecule has 3 heteroatoms. The van der Waals surface area contributed by atoms with E-state index in [4.69, 9.17) is 16.3 Å². The van der Waals surface area contributed by atoms with E-state index in [-0.39, 0.29) is 0 Å². The highest BCUT2D eigenvalue weighted by Gasteiger charge is 2.23. The molecule has 1 aliphatic carbocycles. The Morgan fingerprint density at radius 2 is 1.90 bits per heavy atom. The van der Waals surface area contributed by atoms with E-state index in [0.29, 0.717) is 6.10 Å². The van der Waals surface area contributed by atoms with Gasteiger partial charge >= 0.3 is 0 Å². The smallest absolute Gasteiger partial charge is 0.119 e. The van der Waals surface area contributed by atoms with Crippen LogP contribution in [0.3, 0.4) is 0 Å². The minimum absolute atomic E-state index is 0.441. The van der Waals surface area contributed by atoms with E-state index in [2.05, 4.69) is 23.5 Å². The standard InChI is InChI=1S/C17H18ClNO/c1-19-11-13-10-14(18)4-9-17(13)12-2-5-15(6-3-12)20-16-7-8-16/h2-6,9-10,16,19H,7-8,11H2,1H3. The predicted molar refractivity (Wildman–Crippen MR) is 83.3 cm³/mol. The van der Waals surface area contributed by atoms with Crippen molar-refractivity contribution < 1.29 is 4.74 Å². The molecule has 2 aromatic rings. The van der Waals surface area contributed by atoms with Gasteiger partial charge in [-0.15, -0.1) is 0 Å². The summed E-state index contributed by atoms with van der Waals surface area (Å²) in [6, 6.07) is 14.3. The van der Waals surface area contributed by atoms with Gasteiger partial charge in [0.05, 0.1) is 6.10 Å². The number of benzene rings is 2. The van der Waals surface area contributed by atoms with Crippen molar-refractivity contribution in [1.82, 2.24) is 5.32 Å². The molecule has 1 fully saturated rings. The molecule has 1 N–H and O–H groups in total. The fourth-order valence-electron chi connectivity index (χ4n) is 2.27. The number of ether oxygens (including phenoxy) is 1. The summed E-state index contributed by atoms with van der Waals surface area (Å²) < 4.78 is 5.78. The first kappa shape index (κ1) is 13.5. The Hall–Kier alpha value is -1.51. The number of nitrogens with one attached hydrogen (secondary N) is 1. The zero-order chi connectivity index (χ0) is 13.9. The number of hydrogen-bond donors (Lipinski definition) is 1. The monoisotopic (exact) mass is 287 g/mol. The minimum atomic E-state index is 0.441. The SMILES string of the molecule is CNCc1cc(Cl)ccc1-c1ccc(OC2CC2)cc1. The highest BCUT2D eigenvalue weighted by Crippen LogP contribution is 2.30. The molecule has 0 spiro atoms. The van der Waals surface area contributed by atoms with E-state index < -0.39 is 0 Å². The van der Waals surface area contributed by atoms with Crippen molar-refractivity contribution in [3.63, 3.8) is 0 Å². The van der Waals surface area contributed by atoms with Gasteiger partial charge in [0.2, 0.25) is 0 Å². The second kappa shape index (κ2) is 5.86. The largest absolute Gasteiger partial charge is 0.490 e. The third-order valence-electron chi connectivity index (χ3n) is 3.43. The molecule has 0 heterocycles. The van der Waals surface area contributed by atoms with Gasteiger partial charge in [0.15, 0.2) is 0 Å².